The highest BCUT2D eigenvalue weighted by atomic mass is 32.1. The zero-order chi connectivity index (χ0) is 12.7. The van der Waals surface area contributed by atoms with Gasteiger partial charge in [0.1, 0.15) is 6.61 Å². The van der Waals surface area contributed by atoms with Gasteiger partial charge in [0.15, 0.2) is 0 Å². The van der Waals surface area contributed by atoms with Gasteiger partial charge in [-0.25, -0.2) is 0 Å². The van der Waals surface area contributed by atoms with E-state index in [0.29, 0.717) is 12.8 Å². The van der Waals surface area contributed by atoms with Gasteiger partial charge in [0.2, 0.25) is 0 Å². The van der Waals surface area contributed by atoms with Crippen molar-refractivity contribution in [3.8, 4) is 0 Å². The Hall–Kier alpha value is -0.700. The van der Waals surface area contributed by atoms with Crippen molar-refractivity contribution in [3.05, 3.63) is 16.6 Å². The molecule has 0 aromatic carbocycles. The normalized spacial score (nSPS) is 13.9. The highest BCUT2D eigenvalue weighted by Crippen LogP contribution is 2.15. The van der Waals surface area contributed by atoms with Crippen molar-refractivity contribution in [2.24, 2.45) is 5.84 Å². The van der Waals surface area contributed by atoms with Crippen LogP contribution in [0.2, 0.25) is 0 Å². The van der Waals surface area contributed by atoms with Gasteiger partial charge >= 0.3 is 6.18 Å². The van der Waals surface area contributed by atoms with Gasteiger partial charge in [-0.15, -0.1) is 11.3 Å². The van der Waals surface area contributed by atoms with Crippen molar-refractivity contribution in [2.45, 2.75) is 25.1 Å². The number of alkyl halides is 3. The number of thiazole rings is 1. The molecule has 3 N–H and O–H groups in total. The fourth-order valence-electron chi connectivity index (χ4n) is 1.24. The summed E-state index contributed by atoms with van der Waals surface area (Å²) >= 11 is 1.48. The fraction of sp³-hybridized carbons (Fsp3) is 0.667. The maximum absolute atomic E-state index is 11.8. The first-order valence-corrected chi connectivity index (χ1v) is 5.87. The minimum Gasteiger partial charge on any atom is -0.372 e. The molecule has 0 bridgehead atoms. The van der Waals surface area contributed by atoms with Crippen LogP contribution in [0.1, 0.15) is 11.3 Å². The van der Waals surface area contributed by atoms with Gasteiger partial charge in [0.25, 0.3) is 0 Å². The van der Waals surface area contributed by atoms with E-state index in [-0.39, 0.29) is 12.6 Å². The summed E-state index contributed by atoms with van der Waals surface area (Å²) < 4.78 is 39.9. The van der Waals surface area contributed by atoms with E-state index in [1.54, 1.807) is 11.7 Å². The second kappa shape index (κ2) is 6.90. The van der Waals surface area contributed by atoms with Crippen LogP contribution in [0.15, 0.2) is 11.7 Å². The molecule has 1 atom stereocenters. The number of nitrogens with two attached hydrogens (primary N) is 1. The van der Waals surface area contributed by atoms with E-state index in [2.05, 4.69) is 15.1 Å². The molecule has 0 amide bonds. The molecule has 1 rings (SSSR count). The summed E-state index contributed by atoms with van der Waals surface area (Å²) in [5, 5.41) is 0. The lowest BCUT2D eigenvalue weighted by atomic mass is 10.1. The highest BCUT2D eigenvalue weighted by molar-refractivity contribution is 7.09. The lowest BCUT2D eigenvalue weighted by molar-refractivity contribution is -0.174. The molecule has 1 unspecified atom stereocenters. The Labute approximate surface area is 101 Å². The van der Waals surface area contributed by atoms with Crippen molar-refractivity contribution in [1.82, 2.24) is 10.4 Å². The number of hydrogen-bond donors (Lipinski definition) is 2. The molecular weight excluding hydrogens is 255 g/mol. The number of hydrogen-bond acceptors (Lipinski definition) is 5. The Morgan fingerprint density at radius 1 is 1.53 bits per heavy atom. The fourth-order valence-corrected chi connectivity index (χ4v) is 1.92. The lowest BCUT2D eigenvalue weighted by Crippen LogP contribution is -2.37. The average Bonchev–Trinajstić information content (AvgIpc) is 2.73. The molecule has 1 aromatic heterocycles. The average molecular weight is 269 g/mol. The second-order valence-electron chi connectivity index (χ2n) is 3.49. The molecule has 1 aromatic rings. The summed E-state index contributed by atoms with van der Waals surface area (Å²) in [6.45, 7) is -1.20. The Kier molecular flexibility index (Phi) is 5.83. The summed E-state index contributed by atoms with van der Waals surface area (Å²) in [4.78, 5) is 4.94. The molecule has 0 aliphatic heterocycles. The van der Waals surface area contributed by atoms with Crippen molar-refractivity contribution in [3.63, 3.8) is 0 Å². The highest BCUT2D eigenvalue weighted by Gasteiger charge is 2.27. The molecular formula is C9H14F3N3OS. The third-order valence-corrected chi connectivity index (χ3v) is 2.85. The predicted octanol–water partition coefficient (Wildman–Crippen LogP) is 1.49. The predicted molar refractivity (Wildman–Crippen MR) is 58.4 cm³/mol. The van der Waals surface area contributed by atoms with Crippen molar-refractivity contribution >= 4 is 11.3 Å². The number of hydrazine groups is 1. The molecule has 0 aliphatic carbocycles. The lowest BCUT2D eigenvalue weighted by Gasteiger charge is -2.15. The van der Waals surface area contributed by atoms with Gasteiger partial charge in [0.05, 0.1) is 5.51 Å². The van der Waals surface area contributed by atoms with E-state index in [0.717, 1.165) is 4.88 Å². The van der Waals surface area contributed by atoms with Gasteiger partial charge in [-0.2, -0.15) is 13.2 Å². The molecule has 8 heteroatoms. The summed E-state index contributed by atoms with van der Waals surface area (Å²) in [5.74, 6) is 5.31. The number of ether oxygens (including phenoxy) is 1. The van der Waals surface area contributed by atoms with Gasteiger partial charge < -0.3 is 4.74 Å². The maximum atomic E-state index is 11.8. The topological polar surface area (TPSA) is 60.2 Å². The zero-order valence-corrected chi connectivity index (χ0v) is 9.85. The number of halogens is 3. The number of nitrogens with one attached hydrogen (secondary N) is 1. The van der Waals surface area contributed by atoms with Crippen LogP contribution >= 0.6 is 11.3 Å². The number of rotatable bonds is 7. The van der Waals surface area contributed by atoms with Crippen LogP contribution < -0.4 is 11.3 Å². The van der Waals surface area contributed by atoms with Crippen LogP contribution in [-0.2, 0) is 11.2 Å². The number of aromatic nitrogens is 1. The van der Waals surface area contributed by atoms with Crippen LogP contribution in [0, 0.1) is 0 Å². The smallest absolute Gasteiger partial charge is 0.372 e. The van der Waals surface area contributed by atoms with E-state index >= 15 is 0 Å². The number of nitrogens with zero attached hydrogens (tertiary/aromatic N) is 1. The third kappa shape index (κ3) is 6.57. The van der Waals surface area contributed by atoms with Crippen molar-refractivity contribution in [2.75, 3.05) is 13.2 Å². The van der Waals surface area contributed by atoms with Crippen LogP contribution in [0.25, 0.3) is 0 Å². The zero-order valence-electron chi connectivity index (χ0n) is 9.04. The summed E-state index contributed by atoms with van der Waals surface area (Å²) in [7, 11) is 0. The SMILES string of the molecule is NNC(CCOCC(F)(F)F)Cc1cncs1. The molecule has 0 saturated heterocycles. The van der Waals surface area contributed by atoms with Crippen molar-refractivity contribution < 1.29 is 17.9 Å². The summed E-state index contributed by atoms with van der Waals surface area (Å²) in [6.07, 6.45) is -1.50. The minimum absolute atomic E-state index is 0.0210. The monoisotopic (exact) mass is 269 g/mol. The van der Waals surface area contributed by atoms with Crippen LogP contribution in [0.5, 0.6) is 0 Å². The van der Waals surface area contributed by atoms with Gasteiger partial charge in [-0.1, -0.05) is 0 Å². The van der Waals surface area contributed by atoms with Crippen LogP contribution in [0.4, 0.5) is 13.2 Å². The van der Waals surface area contributed by atoms with Gasteiger partial charge in [-0.3, -0.25) is 16.3 Å². The largest absolute Gasteiger partial charge is 0.411 e. The standard InChI is InChI=1S/C9H14F3N3OS/c10-9(11,12)5-16-2-1-7(15-13)3-8-4-14-6-17-8/h4,6-7,15H,1-3,5,13H2. The second-order valence-corrected chi connectivity index (χ2v) is 4.46. The van der Waals surface area contributed by atoms with E-state index in [9.17, 15) is 13.2 Å². The van der Waals surface area contributed by atoms with Gasteiger partial charge in [0, 0.05) is 30.1 Å². The Morgan fingerprint density at radius 3 is 2.82 bits per heavy atom. The molecule has 0 saturated carbocycles. The minimum atomic E-state index is -4.27. The molecule has 4 nitrogen and oxygen atoms in total. The molecule has 0 aliphatic rings. The molecule has 98 valence electrons. The molecule has 0 radical (unpaired) electrons. The van der Waals surface area contributed by atoms with Crippen LogP contribution in [-0.4, -0.2) is 30.4 Å². The van der Waals surface area contributed by atoms with E-state index in [1.807, 2.05) is 0 Å². The summed E-state index contributed by atoms with van der Waals surface area (Å²) in [6, 6.07) is -0.108. The van der Waals surface area contributed by atoms with E-state index in [4.69, 9.17) is 5.84 Å². The first-order valence-electron chi connectivity index (χ1n) is 4.99. The van der Waals surface area contributed by atoms with Crippen molar-refractivity contribution in [1.29, 1.82) is 0 Å². The van der Waals surface area contributed by atoms with E-state index < -0.39 is 12.8 Å². The quantitative estimate of drug-likeness (QED) is 0.447. The third-order valence-electron chi connectivity index (χ3n) is 2.04. The molecule has 17 heavy (non-hydrogen) atoms. The Bertz CT molecular complexity index is 305. The first-order chi connectivity index (χ1) is 8.01. The Balaban J connectivity index is 2.19. The Morgan fingerprint density at radius 2 is 2.29 bits per heavy atom. The molecule has 0 spiro atoms. The first kappa shape index (κ1) is 14.4. The van der Waals surface area contributed by atoms with Gasteiger partial charge in [-0.05, 0) is 6.42 Å². The molecule has 1 heterocycles. The maximum Gasteiger partial charge on any atom is 0.411 e. The van der Waals surface area contributed by atoms with Crippen LogP contribution in [0.3, 0.4) is 0 Å². The van der Waals surface area contributed by atoms with E-state index in [1.165, 1.54) is 11.3 Å². The summed E-state index contributed by atoms with van der Waals surface area (Å²) in [5.41, 5.74) is 4.25. The molecule has 0 fully saturated rings.